The van der Waals surface area contributed by atoms with Gasteiger partial charge in [-0.3, -0.25) is 4.79 Å². The summed E-state index contributed by atoms with van der Waals surface area (Å²) < 4.78 is 34.1. The molecular weight excluding hydrogens is 245 g/mol. The number of anilines is 1. The molecule has 1 N–H and O–H groups in total. The van der Waals surface area contributed by atoms with Crippen molar-refractivity contribution in [3.05, 3.63) is 22.7 Å². The maximum absolute atomic E-state index is 12.7. The van der Waals surface area contributed by atoms with Gasteiger partial charge in [0.2, 0.25) is 5.91 Å². The largest absolute Gasteiger partial charge is 0.333 e. The predicted molar refractivity (Wildman–Crippen MR) is 52.1 cm³/mol. The quantitative estimate of drug-likeness (QED) is 0.767. The second kappa shape index (κ2) is 3.18. The second-order valence-corrected chi connectivity index (χ2v) is 4.76. The molecule has 0 atom stereocenters. The molecule has 0 radical (unpaired) electrons. The van der Waals surface area contributed by atoms with Gasteiger partial charge in [-0.1, -0.05) is 11.6 Å². The van der Waals surface area contributed by atoms with E-state index in [9.17, 15) is 17.1 Å². The Morgan fingerprint density at radius 1 is 1.40 bits per heavy atom. The molecule has 1 aliphatic rings. The lowest BCUT2D eigenvalue weighted by atomic mass is 10.2. The highest BCUT2D eigenvalue weighted by Crippen LogP contribution is 2.35. The molecule has 0 aliphatic carbocycles. The van der Waals surface area contributed by atoms with Gasteiger partial charge in [0.25, 0.3) is 0 Å². The van der Waals surface area contributed by atoms with E-state index in [4.69, 9.17) is 11.6 Å². The summed E-state index contributed by atoms with van der Waals surface area (Å²) in [6, 6.07) is 2.35. The zero-order chi connectivity index (χ0) is 11.2. The Kier molecular flexibility index (Phi) is 2.20. The van der Waals surface area contributed by atoms with Crippen LogP contribution >= 0.6 is 11.6 Å². The minimum absolute atomic E-state index is 0.0302. The van der Waals surface area contributed by atoms with E-state index >= 15 is 0 Å². The Bertz CT molecular complexity index is 555. The van der Waals surface area contributed by atoms with Crippen LogP contribution in [0.1, 0.15) is 5.56 Å². The number of amides is 1. The van der Waals surface area contributed by atoms with E-state index < -0.39 is 15.1 Å². The summed E-state index contributed by atoms with van der Waals surface area (Å²) in [4.78, 5) is 10.4. The fourth-order valence-electron chi connectivity index (χ4n) is 1.43. The van der Waals surface area contributed by atoms with Crippen LogP contribution in [0.5, 0.6) is 0 Å². The number of hydrogen-bond donors (Lipinski definition) is 1. The molecule has 1 amide bonds. The lowest BCUT2D eigenvalue weighted by molar-refractivity contribution is -0.115. The normalized spacial score (nSPS) is 14.9. The molecule has 0 fully saturated rings. The highest BCUT2D eigenvalue weighted by Gasteiger charge is 2.26. The number of benzene rings is 1. The van der Waals surface area contributed by atoms with Gasteiger partial charge in [0, 0.05) is 11.3 Å². The van der Waals surface area contributed by atoms with Crippen LogP contribution in [0, 0.1) is 0 Å². The molecule has 80 valence electrons. The van der Waals surface area contributed by atoms with Gasteiger partial charge in [-0.25, -0.2) is 0 Å². The van der Waals surface area contributed by atoms with Crippen molar-refractivity contribution in [3.8, 4) is 0 Å². The maximum Gasteiger partial charge on any atom is 0.333 e. The van der Waals surface area contributed by atoms with Crippen molar-refractivity contribution in [2.75, 3.05) is 5.32 Å². The first kappa shape index (κ1) is 10.4. The maximum atomic E-state index is 12.7. The Morgan fingerprint density at radius 3 is 2.67 bits per heavy atom. The number of rotatable bonds is 1. The highest BCUT2D eigenvalue weighted by molar-refractivity contribution is 7.86. The molecule has 7 heteroatoms. The monoisotopic (exact) mass is 249 g/mol. The van der Waals surface area contributed by atoms with E-state index in [1.165, 1.54) is 6.07 Å². The fourth-order valence-corrected chi connectivity index (χ4v) is 2.51. The van der Waals surface area contributed by atoms with Crippen molar-refractivity contribution in [2.24, 2.45) is 0 Å². The molecule has 0 unspecified atom stereocenters. The van der Waals surface area contributed by atoms with Gasteiger partial charge in [0.1, 0.15) is 4.90 Å². The van der Waals surface area contributed by atoms with Crippen LogP contribution in [0.15, 0.2) is 17.0 Å². The number of carbonyl (C=O) groups excluding carboxylic acids is 1. The molecule has 2 rings (SSSR count). The highest BCUT2D eigenvalue weighted by atomic mass is 35.5. The molecular formula is C8H5ClFNO3S. The summed E-state index contributed by atoms with van der Waals surface area (Å²) in [6.07, 6.45) is -0.0302. The Balaban J connectivity index is 2.67. The van der Waals surface area contributed by atoms with Gasteiger partial charge >= 0.3 is 10.2 Å². The van der Waals surface area contributed by atoms with E-state index in [0.717, 1.165) is 6.07 Å². The van der Waals surface area contributed by atoms with Crippen molar-refractivity contribution in [1.29, 1.82) is 0 Å². The van der Waals surface area contributed by atoms with Crippen LogP contribution < -0.4 is 5.32 Å². The summed E-state index contributed by atoms with van der Waals surface area (Å²) in [7, 11) is -4.84. The molecule has 0 bridgehead atoms. The number of carbonyl (C=O) groups is 1. The topological polar surface area (TPSA) is 63.2 Å². The summed E-state index contributed by atoms with van der Waals surface area (Å²) in [6.45, 7) is 0. The summed E-state index contributed by atoms with van der Waals surface area (Å²) in [5, 5.41) is 2.25. The van der Waals surface area contributed by atoms with Crippen LogP contribution in [0.25, 0.3) is 0 Å². The molecule has 0 spiro atoms. The zero-order valence-electron chi connectivity index (χ0n) is 7.25. The average molecular weight is 250 g/mol. The minimum Gasteiger partial charge on any atom is -0.325 e. The van der Waals surface area contributed by atoms with Crippen molar-refractivity contribution >= 4 is 33.4 Å². The average Bonchev–Trinajstić information content (AvgIpc) is 2.44. The third kappa shape index (κ3) is 1.70. The molecule has 1 aliphatic heterocycles. The van der Waals surface area contributed by atoms with Crippen LogP contribution in [-0.2, 0) is 21.4 Å². The van der Waals surface area contributed by atoms with Gasteiger partial charge in [0.15, 0.2) is 0 Å². The third-order valence-electron chi connectivity index (χ3n) is 2.08. The molecule has 1 aromatic rings. The van der Waals surface area contributed by atoms with E-state index in [-0.39, 0.29) is 17.4 Å². The standard InChI is InChI=1S/C8H5ClFNO3S/c9-8-4-3-7(12)11-5(4)1-2-6(8)15(10,13)14/h1-2H,3H2,(H,11,12). The first-order chi connectivity index (χ1) is 6.89. The molecule has 0 aromatic heterocycles. The first-order valence-electron chi connectivity index (χ1n) is 3.95. The van der Waals surface area contributed by atoms with E-state index in [1.54, 1.807) is 0 Å². The summed E-state index contributed by atoms with van der Waals surface area (Å²) in [5.74, 6) is -0.291. The number of hydrogen-bond acceptors (Lipinski definition) is 3. The molecule has 0 saturated heterocycles. The third-order valence-corrected chi connectivity index (χ3v) is 3.49. The van der Waals surface area contributed by atoms with Crippen LogP contribution in [0.3, 0.4) is 0 Å². The second-order valence-electron chi connectivity index (χ2n) is 3.07. The number of nitrogens with one attached hydrogen (secondary N) is 1. The van der Waals surface area contributed by atoms with Gasteiger partial charge in [-0.15, -0.1) is 3.89 Å². The van der Waals surface area contributed by atoms with Crippen LogP contribution in [0.4, 0.5) is 9.57 Å². The fraction of sp³-hybridized carbons (Fsp3) is 0.125. The minimum atomic E-state index is -4.84. The van der Waals surface area contributed by atoms with Crippen molar-refractivity contribution < 1.29 is 17.1 Å². The molecule has 0 saturated carbocycles. The molecule has 4 nitrogen and oxygen atoms in total. The van der Waals surface area contributed by atoms with Gasteiger partial charge in [0.05, 0.1) is 11.4 Å². The Labute approximate surface area is 90.3 Å². The van der Waals surface area contributed by atoms with E-state index in [2.05, 4.69) is 5.32 Å². The number of fused-ring (bicyclic) bond motifs is 1. The van der Waals surface area contributed by atoms with E-state index in [0.29, 0.717) is 11.3 Å². The summed E-state index contributed by atoms with van der Waals surface area (Å²) >= 11 is 5.69. The lowest BCUT2D eigenvalue weighted by Gasteiger charge is -2.03. The smallest absolute Gasteiger partial charge is 0.325 e. The van der Waals surface area contributed by atoms with Crippen molar-refractivity contribution in [1.82, 2.24) is 0 Å². The SMILES string of the molecule is O=C1Cc2c(ccc(S(=O)(=O)F)c2Cl)N1. The van der Waals surface area contributed by atoms with Crippen molar-refractivity contribution in [2.45, 2.75) is 11.3 Å². The first-order valence-corrected chi connectivity index (χ1v) is 5.71. The molecule has 15 heavy (non-hydrogen) atoms. The lowest BCUT2D eigenvalue weighted by Crippen LogP contribution is -2.03. The van der Waals surface area contributed by atoms with Gasteiger partial charge in [-0.05, 0) is 12.1 Å². The summed E-state index contributed by atoms with van der Waals surface area (Å²) in [5.41, 5.74) is 0.748. The number of halogens is 2. The van der Waals surface area contributed by atoms with E-state index in [1.807, 2.05) is 0 Å². The predicted octanol–water partition coefficient (Wildman–Crippen LogP) is 1.49. The van der Waals surface area contributed by atoms with Crippen LogP contribution in [0.2, 0.25) is 5.02 Å². The van der Waals surface area contributed by atoms with Gasteiger partial charge in [-0.2, -0.15) is 8.42 Å². The van der Waals surface area contributed by atoms with Crippen LogP contribution in [-0.4, -0.2) is 14.3 Å². The van der Waals surface area contributed by atoms with Gasteiger partial charge < -0.3 is 5.32 Å². The van der Waals surface area contributed by atoms with Crippen molar-refractivity contribution in [3.63, 3.8) is 0 Å². The Hall–Kier alpha value is -1.14. The Morgan fingerprint density at radius 2 is 2.07 bits per heavy atom. The zero-order valence-corrected chi connectivity index (χ0v) is 8.82. The molecule has 1 heterocycles. The molecule has 1 aromatic carbocycles.